The maximum absolute atomic E-state index is 13.4. The lowest BCUT2D eigenvalue weighted by atomic mass is 9.87. The molecule has 8 heteroatoms. The molecule has 0 amide bonds. The first kappa shape index (κ1) is 26.0. The lowest BCUT2D eigenvalue weighted by molar-refractivity contribution is 0.0972. The molecule has 0 saturated carbocycles. The molecule has 0 aliphatic heterocycles. The van der Waals surface area contributed by atoms with E-state index in [2.05, 4.69) is 9.71 Å². The van der Waals surface area contributed by atoms with Gasteiger partial charge in [0.2, 0.25) is 10.0 Å². The fraction of sp³-hybridized carbons (Fsp3) is 0.188. The van der Waals surface area contributed by atoms with E-state index in [0.29, 0.717) is 36.3 Å². The Labute approximate surface area is 233 Å². The SMILES string of the molecule is O=C1CCCc2c1ccc(OC(Cn1ccnc1)c1ccccc1)c2CNS(=O)(=O)c1ccc2ccccc2c1. The minimum absolute atomic E-state index is 0.00747. The van der Waals surface area contributed by atoms with Crippen molar-refractivity contribution in [2.75, 3.05) is 0 Å². The first-order valence-electron chi connectivity index (χ1n) is 13.3. The first-order chi connectivity index (χ1) is 19.5. The number of benzene rings is 4. The zero-order chi connectivity index (χ0) is 27.5. The Morgan fingerprint density at radius 2 is 1.73 bits per heavy atom. The highest BCUT2D eigenvalue weighted by Gasteiger charge is 2.26. The van der Waals surface area contributed by atoms with Crippen molar-refractivity contribution < 1.29 is 17.9 Å². The Bertz CT molecular complexity index is 1770. The monoisotopic (exact) mass is 551 g/mol. The van der Waals surface area contributed by atoms with Gasteiger partial charge in [-0.1, -0.05) is 60.7 Å². The van der Waals surface area contributed by atoms with Crippen LogP contribution in [0.4, 0.5) is 0 Å². The Hall–Kier alpha value is -4.27. The number of Topliss-reactive ketones (excluding diaryl/α,β-unsaturated/α-hetero) is 1. The van der Waals surface area contributed by atoms with Crippen LogP contribution in [0.1, 0.15) is 46.0 Å². The van der Waals surface area contributed by atoms with Crippen molar-refractivity contribution in [3.05, 3.63) is 126 Å². The number of sulfonamides is 1. The van der Waals surface area contributed by atoms with Crippen LogP contribution in [-0.4, -0.2) is 23.8 Å². The van der Waals surface area contributed by atoms with Crippen molar-refractivity contribution in [3.63, 3.8) is 0 Å². The van der Waals surface area contributed by atoms with Crippen molar-refractivity contribution in [1.82, 2.24) is 14.3 Å². The van der Waals surface area contributed by atoms with E-state index in [0.717, 1.165) is 28.3 Å². The van der Waals surface area contributed by atoms with Crippen molar-refractivity contribution in [2.24, 2.45) is 0 Å². The van der Waals surface area contributed by atoms with Gasteiger partial charge in [-0.15, -0.1) is 0 Å². The molecule has 7 nitrogen and oxygen atoms in total. The third-order valence-electron chi connectivity index (χ3n) is 7.37. The van der Waals surface area contributed by atoms with Gasteiger partial charge in [-0.25, -0.2) is 18.1 Å². The van der Waals surface area contributed by atoms with Crippen LogP contribution >= 0.6 is 0 Å². The second-order valence-corrected chi connectivity index (χ2v) is 11.7. The van der Waals surface area contributed by atoms with Gasteiger partial charge in [0.05, 0.1) is 17.8 Å². The minimum Gasteiger partial charge on any atom is -0.484 e. The molecule has 202 valence electrons. The third-order valence-corrected chi connectivity index (χ3v) is 8.76. The van der Waals surface area contributed by atoms with Crippen molar-refractivity contribution >= 4 is 26.6 Å². The molecule has 0 spiro atoms. The molecule has 0 fully saturated rings. The summed E-state index contributed by atoms with van der Waals surface area (Å²) in [6, 6.07) is 26.2. The summed E-state index contributed by atoms with van der Waals surface area (Å²) < 4.78 is 38.2. The van der Waals surface area contributed by atoms with Crippen LogP contribution in [0.15, 0.2) is 109 Å². The number of ether oxygens (including phenoxy) is 1. The minimum atomic E-state index is -3.83. The summed E-state index contributed by atoms with van der Waals surface area (Å²) in [6.45, 7) is 0.524. The fourth-order valence-electron chi connectivity index (χ4n) is 5.29. The molecule has 1 aliphatic carbocycles. The van der Waals surface area contributed by atoms with E-state index in [1.165, 1.54) is 0 Å². The number of rotatable bonds is 9. The number of carbonyl (C=O) groups excluding carboxylic acids is 1. The summed E-state index contributed by atoms with van der Waals surface area (Å²) in [6.07, 6.45) is 6.87. The number of aromatic nitrogens is 2. The quantitative estimate of drug-likeness (QED) is 0.248. The van der Waals surface area contributed by atoms with Crippen LogP contribution in [0.25, 0.3) is 10.8 Å². The topological polar surface area (TPSA) is 90.3 Å². The molecule has 0 radical (unpaired) electrons. The summed E-state index contributed by atoms with van der Waals surface area (Å²) in [5.41, 5.74) is 3.17. The third kappa shape index (κ3) is 5.41. The van der Waals surface area contributed by atoms with Gasteiger partial charge in [0, 0.05) is 36.5 Å². The van der Waals surface area contributed by atoms with E-state index in [-0.39, 0.29) is 23.3 Å². The Morgan fingerprint density at radius 1 is 0.925 bits per heavy atom. The van der Waals surface area contributed by atoms with Crippen LogP contribution in [0.5, 0.6) is 5.75 Å². The zero-order valence-electron chi connectivity index (χ0n) is 21.9. The maximum atomic E-state index is 13.4. The number of imidazole rings is 1. The van der Waals surface area contributed by atoms with Crippen molar-refractivity contribution in [3.8, 4) is 5.75 Å². The number of nitrogens with zero attached hydrogens (tertiary/aromatic N) is 2. The predicted molar refractivity (Wildman–Crippen MR) is 154 cm³/mol. The van der Waals surface area contributed by atoms with Crippen LogP contribution in [0.2, 0.25) is 0 Å². The molecule has 1 heterocycles. The number of hydrogen-bond acceptors (Lipinski definition) is 5. The highest BCUT2D eigenvalue weighted by Crippen LogP contribution is 2.34. The van der Waals surface area contributed by atoms with E-state index in [9.17, 15) is 13.2 Å². The second-order valence-electron chi connectivity index (χ2n) is 9.96. The van der Waals surface area contributed by atoms with Gasteiger partial charge in [-0.3, -0.25) is 4.79 Å². The molecular formula is C32H29N3O4S. The molecule has 1 unspecified atom stereocenters. The van der Waals surface area contributed by atoms with Crippen LogP contribution in [0, 0.1) is 0 Å². The highest BCUT2D eigenvalue weighted by molar-refractivity contribution is 7.89. The number of ketones is 1. The fourth-order valence-corrected chi connectivity index (χ4v) is 6.32. The molecule has 6 rings (SSSR count). The zero-order valence-corrected chi connectivity index (χ0v) is 22.7. The number of nitrogens with one attached hydrogen (secondary N) is 1. The lowest BCUT2D eigenvalue weighted by Crippen LogP contribution is -2.26. The van der Waals surface area contributed by atoms with E-state index in [1.807, 2.05) is 77.5 Å². The van der Waals surface area contributed by atoms with Crippen LogP contribution in [0.3, 0.4) is 0 Å². The molecule has 0 bridgehead atoms. The first-order valence-corrected chi connectivity index (χ1v) is 14.8. The van der Waals surface area contributed by atoms with Gasteiger partial charge in [0.1, 0.15) is 11.9 Å². The molecule has 5 aromatic rings. The van der Waals surface area contributed by atoms with E-state index >= 15 is 0 Å². The summed E-state index contributed by atoms with van der Waals surface area (Å²) in [5, 5.41) is 1.82. The smallest absolute Gasteiger partial charge is 0.240 e. The number of fused-ring (bicyclic) bond motifs is 2. The Balaban J connectivity index is 1.35. The average molecular weight is 552 g/mol. The summed E-state index contributed by atoms with van der Waals surface area (Å²) in [4.78, 5) is 17.1. The molecular weight excluding hydrogens is 522 g/mol. The normalized spacial score (nSPS) is 14.2. The van der Waals surface area contributed by atoms with Crippen molar-refractivity contribution in [1.29, 1.82) is 0 Å². The molecule has 4 aromatic carbocycles. The Kier molecular flexibility index (Phi) is 7.19. The highest BCUT2D eigenvalue weighted by atomic mass is 32.2. The van der Waals surface area contributed by atoms with Gasteiger partial charge < -0.3 is 9.30 Å². The summed E-state index contributed by atoms with van der Waals surface area (Å²) in [5.74, 6) is 0.632. The van der Waals surface area contributed by atoms with E-state index in [4.69, 9.17) is 4.74 Å². The van der Waals surface area contributed by atoms with Crippen LogP contribution in [-0.2, 0) is 29.5 Å². The molecule has 40 heavy (non-hydrogen) atoms. The van der Waals surface area contributed by atoms with E-state index in [1.54, 1.807) is 30.7 Å². The maximum Gasteiger partial charge on any atom is 0.240 e. The van der Waals surface area contributed by atoms with E-state index < -0.39 is 10.0 Å². The summed E-state index contributed by atoms with van der Waals surface area (Å²) in [7, 11) is -3.83. The molecule has 1 aromatic heterocycles. The average Bonchev–Trinajstić information content (AvgIpc) is 3.50. The molecule has 1 atom stereocenters. The summed E-state index contributed by atoms with van der Waals surface area (Å²) >= 11 is 0. The van der Waals surface area contributed by atoms with Gasteiger partial charge in [-0.05, 0) is 59.0 Å². The largest absolute Gasteiger partial charge is 0.484 e. The number of carbonyl (C=O) groups is 1. The molecule has 0 saturated heterocycles. The standard InChI is InChI=1S/C32H29N3O4S/c36-30-12-6-11-27-28(30)15-16-31(39-32(21-35-18-17-33-22-35)24-8-2-1-3-9-24)29(27)20-34-40(37,38)26-14-13-23-7-4-5-10-25(23)19-26/h1-5,7-10,13-19,22,32,34H,6,11-12,20-21H2. The molecule has 1 N–H and O–H groups in total. The van der Waals surface area contributed by atoms with Crippen molar-refractivity contribution in [2.45, 2.75) is 43.4 Å². The second kappa shape index (κ2) is 11.1. The number of hydrogen-bond donors (Lipinski definition) is 1. The van der Waals surface area contributed by atoms with Gasteiger partial charge in [-0.2, -0.15) is 0 Å². The lowest BCUT2D eigenvalue weighted by Gasteiger charge is -2.26. The van der Waals surface area contributed by atoms with Gasteiger partial charge in [0.25, 0.3) is 0 Å². The Morgan fingerprint density at radius 3 is 2.52 bits per heavy atom. The van der Waals surface area contributed by atoms with Crippen LogP contribution < -0.4 is 9.46 Å². The van der Waals surface area contributed by atoms with Gasteiger partial charge >= 0.3 is 0 Å². The van der Waals surface area contributed by atoms with Gasteiger partial charge in [0.15, 0.2) is 5.78 Å². The molecule has 1 aliphatic rings. The predicted octanol–water partition coefficient (Wildman–Crippen LogP) is 5.85.